The van der Waals surface area contributed by atoms with E-state index in [2.05, 4.69) is 4.72 Å². The number of phenols is 1. The van der Waals surface area contributed by atoms with Crippen LogP contribution in [0.3, 0.4) is 0 Å². The van der Waals surface area contributed by atoms with Crippen LogP contribution in [0.5, 0.6) is 11.5 Å². The normalized spacial score (nSPS) is 12.0. The highest BCUT2D eigenvalue weighted by Gasteiger charge is 2.24. The molecule has 0 amide bonds. The Hall–Kier alpha value is -2.21. The van der Waals surface area contributed by atoms with Crippen LogP contribution in [0, 0.1) is 0 Å². The quantitative estimate of drug-likeness (QED) is 0.803. The standard InChI is InChI=1S/C18H23NO4S/c1-5-23-16-11-10-13(18(2,3)4)12-17(16)24(21,22)19-14-8-6-7-9-15(14)20/h6-12,19-20H,5H2,1-4H3. The Balaban J connectivity index is 2.53. The molecule has 24 heavy (non-hydrogen) atoms. The second-order valence-corrected chi connectivity index (χ2v) is 8.12. The van der Waals surface area contributed by atoms with Crippen molar-refractivity contribution in [3.05, 3.63) is 48.0 Å². The molecule has 0 saturated carbocycles. The third-order valence-corrected chi connectivity index (χ3v) is 4.93. The lowest BCUT2D eigenvalue weighted by atomic mass is 9.87. The van der Waals surface area contributed by atoms with Gasteiger partial charge in [-0.05, 0) is 42.2 Å². The highest BCUT2D eigenvalue weighted by Crippen LogP contribution is 2.33. The molecular weight excluding hydrogens is 326 g/mol. The third kappa shape index (κ3) is 4.00. The summed E-state index contributed by atoms with van der Waals surface area (Å²) in [5.41, 5.74) is 0.800. The Morgan fingerprint density at radius 1 is 1.12 bits per heavy atom. The molecule has 0 saturated heterocycles. The SMILES string of the molecule is CCOc1ccc(C(C)(C)C)cc1S(=O)(=O)Nc1ccccc1O. The Kier molecular flexibility index (Phi) is 5.08. The number of benzene rings is 2. The minimum atomic E-state index is -3.91. The van der Waals surface area contributed by atoms with Crippen LogP contribution in [0.1, 0.15) is 33.3 Å². The van der Waals surface area contributed by atoms with Crippen LogP contribution >= 0.6 is 0 Å². The van der Waals surface area contributed by atoms with Gasteiger partial charge in [0.05, 0.1) is 12.3 Å². The zero-order valence-electron chi connectivity index (χ0n) is 14.3. The maximum absolute atomic E-state index is 12.8. The second-order valence-electron chi connectivity index (χ2n) is 6.47. The first kappa shape index (κ1) is 18.1. The third-order valence-electron chi connectivity index (χ3n) is 3.55. The minimum absolute atomic E-state index is 0.0556. The molecule has 130 valence electrons. The maximum atomic E-state index is 12.8. The largest absolute Gasteiger partial charge is 0.506 e. The van der Waals surface area contributed by atoms with Gasteiger partial charge in [-0.25, -0.2) is 8.42 Å². The molecule has 0 heterocycles. The lowest BCUT2D eigenvalue weighted by Crippen LogP contribution is -2.17. The number of ether oxygens (including phenoxy) is 1. The predicted molar refractivity (Wildman–Crippen MR) is 95.2 cm³/mol. The van der Waals surface area contributed by atoms with E-state index in [9.17, 15) is 13.5 Å². The van der Waals surface area contributed by atoms with Gasteiger partial charge in [0.1, 0.15) is 16.4 Å². The molecule has 0 spiro atoms. The Morgan fingerprint density at radius 2 is 1.79 bits per heavy atom. The van der Waals surface area contributed by atoms with E-state index < -0.39 is 10.0 Å². The summed E-state index contributed by atoms with van der Waals surface area (Å²) in [5, 5.41) is 9.82. The molecule has 0 atom stereocenters. The first-order chi connectivity index (χ1) is 11.1. The van der Waals surface area contributed by atoms with E-state index in [-0.39, 0.29) is 27.5 Å². The molecule has 2 N–H and O–H groups in total. The zero-order valence-corrected chi connectivity index (χ0v) is 15.1. The molecule has 2 aromatic carbocycles. The number of para-hydroxylation sites is 2. The molecule has 2 aromatic rings. The van der Waals surface area contributed by atoms with Crippen LogP contribution in [-0.4, -0.2) is 20.1 Å². The molecule has 2 rings (SSSR count). The fraction of sp³-hybridized carbons (Fsp3) is 0.333. The number of sulfonamides is 1. The van der Waals surface area contributed by atoms with Crippen LogP contribution in [-0.2, 0) is 15.4 Å². The highest BCUT2D eigenvalue weighted by molar-refractivity contribution is 7.92. The zero-order chi connectivity index (χ0) is 18.0. The fourth-order valence-corrected chi connectivity index (χ4v) is 3.47. The molecule has 0 aliphatic carbocycles. The summed E-state index contributed by atoms with van der Waals surface area (Å²) >= 11 is 0. The van der Waals surface area contributed by atoms with Gasteiger partial charge in [-0.2, -0.15) is 0 Å². The average Bonchev–Trinajstić information content (AvgIpc) is 2.49. The topological polar surface area (TPSA) is 75.6 Å². The van der Waals surface area contributed by atoms with Crippen molar-refractivity contribution in [3.63, 3.8) is 0 Å². The summed E-state index contributed by atoms with van der Waals surface area (Å²) < 4.78 is 33.6. The molecule has 0 bridgehead atoms. The Labute approximate surface area is 143 Å². The Morgan fingerprint density at radius 3 is 2.38 bits per heavy atom. The molecule has 6 heteroatoms. The second kappa shape index (κ2) is 6.73. The summed E-state index contributed by atoms with van der Waals surface area (Å²) in [7, 11) is -3.91. The number of hydrogen-bond acceptors (Lipinski definition) is 4. The van der Waals surface area contributed by atoms with Crippen LogP contribution in [0.2, 0.25) is 0 Å². The lowest BCUT2D eigenvalue weighted by molar-refractivity contribution is 0.331. The van der Waals surface area contributed by atoms with Crippen LogP contribution in [0.4, 0.5) is 5.69 Å². The van der Waals surface area contributed by atoms with Gasteiger partial charge in [0.15, 0.2) is 0 Å². The Bertz CT molecular complexity index is 823. The molecule has 0 aliphatic heterocycles. The van der Waals surface area contributed by atoms with Gasteiger partial charge < -0.3 is 9.84 Å². The van der Waals surface area contributed by atoms with Crippen molar-refractivity contribution >= 4 is 15.7 Å². The minimum Gasteiger partial charge on any atom is -0.506 e. The van der Waals surface area contributed by atoms with E-state index >= 15 is 0 Å². The molecule has 0 aromatic heterocycles. The van der Waals surface area contributed by atoms with E-state index in [0.29, 0.717) is 6.61 Å². The number of rotatable bonds is 5. The maximum Gasteiger partial charge on any atom is 0.265 e. The van der Waals surface area contributed by atoms with E-state index in [1.165, 1.54) is 12.1 Å². The summed E-state index contributed by atoms with van der Waals surface area (Å²) in [6.45, 7) is 8.18. The van der Waals surface area contributed by atoms with Crippen molar-refractivity contribution in [1.82, 2.24) is 0 Å². The fourth-order valence-electron chi connectivity index (χ4n) is 2.22. The van der Waals surface area contributed by atoms with Crippen LogP contribution in [0.25, 0.3) is 0 Å². The van der Waals surface area contributed by atoms with Crippen LogP contribution in [0.15, 0.2) is 47.4 Å². The predicted octanol–water partition coefficient (Wildman–Crippen LogP) is 3.89. The molecule has 0 fully saturated rings. The molecule has 0 unspecified atom stereocenters. The van der Waals surface area contributed by atoms with Gasteiger partial charge >= 0.3 is 0 Å². The van der Waals surface area contributed by atoms with Crippen molar-refractivity contribution in [2.45, 2.75) is 38.0 Å². The lowest BCUT2D eigenvalue weighted by Gasteiger charge is -2.21. The molecule has 0 aliphatic rings. The number of nitrogens with one attached hydrogen (secondary N) is 1. The number of anilines is 1. The van der Waals surface area contributed by atoms with Crippen molar-refractivity contribution in [2.24, 2.45) is 0 Å². The first-order valence-corrected chi connectivity index (χ1v) is 9.21. The molecule has 5 nitrogen and oxygen atoms in total. The van der Waals surface area contributed by atoms with E-state index in [0.717, 1.165) is 5.56 Å². The van der Waals surface area contributed by atoms with Crippen molar-refractivity contribution in [3.8, 4) is 11.5 Å². The smallest absolute Gasteiger partial charge is 0.265 e. The first-order valence-electron chi connectivity index (χ1n) is 7.73. The number of phenolic OH excluding ortho intramolecular Hbond substituents is 1. The summed E-state index contributed by atoms with van der Waals surface area (Å²) in [6.07, 6.45) is 0. The van der Waals surface area contributed by atoms with Gasteiger partial charge in [-0.3, -0.25) is 4.72 Å². The van der Waals surface area contributed by atoms with Gasteiger partial charge in [-0.15, -0.1) is 0 Å². The van der Waals surface area contributed by atoms with Gasteiger partial charge in [0, 0.05) is 0 Å². The highest BCUT2D eigenvalue weighted by atomic mass is 32.2. The van der Waals surface area contributed by atoms with Crippen molar-refractivity contribution < 1.29 is 18.3 Å². The van der Waals surface area contributed by atoms with E-state index in [1.807, 2.05) is 26.8 Å². The molecule has 0 radical (unpaired) electrons. The summed E-state index contributed by atoms with van der Waals surface area (Å²) in [5.74, 6) is 0.152. The van der Waals surface area contributed by atoms with Crippen molar-refractivity contribution in [1.29, 1.82) is 0 Å². The van der Waals surface area contributed by atoms with Gasteiger partial charge in [0.2, 0.25) is 0 Å². The molecular formula is C18H23NO4S. The monoisotopic (exact) mass is 349 g/mol. The average molecular weight is 349 g/mol. The van der Waals surface area contributed by atoms with Gasteiger partial charge in [0.25, 0.3) is 10.0 Å². The van der Waals surface area contributed by atoms with Gasteiger partial charge in [-0.1, -0.05) is 39.0 Å². The van der Waals surface area contributed by atoms with E-state index in [4.69, 9.17) is 4.74 Å². The van der Waals surface area contributed by atoms with Crippen molar-refractivity contribution in [2.75, 3.05) is 11.3 Å². The van der Waals surface area contributed by atoms with E-state index in [1.54, 1.807) is 31.2 Å². The summed E-state index contributed by atoms with van der Waals surface area (Å²) in [4.78, 5) is 0.0556. The van der Waals surface area contributed by atoms with Crippen LogP contribution < -0.4 is 9.46 Å². The number of hydrogen-bond donors (Lipinski definition) is 2. The summed E-state index contributed by atoms with van der Waals surface area (Å²) in [6, 6.07) is 11.3. The number of aromatic hydroxyl groups is 1.